The lowest BCUT2D eigenvalue weighted by molar-refractivity contribution is 0.146. The molecule has 3 aromatic rings. The summed E-state index contributed by atoms with van der Waals surface area (Å²) >= 11 is 3.72. The maximum absolute atomic E-state index is 13.8. The lowest BCUT2D eigenvalue weighted by atomic mass is 10.2. The first kappa shape index (κ1) is 23.1. The summed E-state index contributed by atoms with van der Waals surface area (Å²) in [5.74, 6) is 1.33. The van der Waals surface area contributed by atoms with Crippen LogP contribution in [0.4, 0.5) is 0 Å². The van der Waals surface area contributed by atoms with Gasteiger partial charge in [0.15, 0.2) is 0 Å². The van der Waals surface area contributed by atoms with Crippen molar-refractivity contribution >= 4 is 36.9 Å². The Bertz CT molecular complexity index is 1200. The number of hydrogen-bond acceptors (Lipinski definition) is 6. The van der Waals surface area contributed by atoms with Crippen LogP contribution in [-0.2, 0) is 16.6 Å². The quantitative estimate of drug-likeness (QED) is 0.471. The molecule has 0 N–H and O–H groups in total. The lowest BCUT2D eigenvalue weighted by Gasteiger charge is -2.32. The van der Waals surface area contributed by atoms with E-state index in [9.17, 15) is 8.42 Å². The molecule has 1 aliphatic rings. The zero-order valence-corrected chi connectivity index (χ0v) is 20.9. The second-order valence-corrected chi connectivity index (χ2v) is 10.5. The van der Waals surface area contributed by atoms with Crippen molar-refractivity contribution in [3.05, 3.63) is 52.6 Å². The first-order chi connectivity index (χ1) is 15.3. The van der Waals surface area contributed by atoms with E-state index in [2.05, 4.69) is 32.8 Å². The minimum Gasteiger partial charge on any atom is -0.497 e. The number of halogens is 1. The van der Waals surface area contributed by atoms with Crippen molar-refractivity contribution in [3.8, 4) is 11.5 Å². The fraction of sp³-hybridized carbons (Fsp3) is 0.391. The average molecular weight is 522 g/mol. The standard InChI is InChI=1S/C23H28BrN3O4S/c1-4-31-18-7-10-21-20(15-18)23(24)22(16-26-13-11-25(2)12-14-26)27(21)32(28,29)19-8-5-17(30-3)6-9-19/h5-10,15H,4,11-14,16H2,1-3H3. The Kier molecular flexibility index (Phi) is 6.80. The van der Waals surface area contributed by atoms with Crippen LogP contribution in [-0.4, -0.2) is 69.1 Å². The molecule has 0 bridgehead atoms. The maximum Gasteiger partial charge on any atom is 0.268 e. The lowest BCUT2D eigenvalue weighted by Crippen LogP contribution is -2.44. The van der Waals surface area contributed by atoms with E-state index in [0.29, 0.717) is 35.9 Å². The van der Waals surface area contributed by atoms with E-state index in [1.807, 2.05) is 25.1 Å². The fourth-order valence-electron chi connectivity index (χ4n) is 3.99. The van der Waals surface area contributed by atoms with Gasteiger partial charge in [0.25, 0.3) is 10.0 Å². The van der Waals surface area contributed by atoms with Crippen LogP contribution in [0.15, 0.2) is 51.8 Å². The molecule has 172 valence electrons. The van der Waals surface area contributed by atoms with Gasteiger partial charge in [0.05, 0.1) is 29.8 Å². The first-order valence-electron chi connectivity index (χ1n) is 10.6. The molecular weight excluding hydrogens is 494 g/mol. The number of piperazine rings is 1. The number of methoxy groups -OCH3 is 1. The summed E-state index contributed by atoms with van der Waals surface area (Å²) in [5.41, 5.74) is 1.34. The van der Waals surface area contributed by atoms with Gasteiger partial charge in [0.1, 0.15) is 11.5 Å². The molecule has 1 fully saturated rings. The SMILES string of the molecule is CCOc1ccc2c(c1)c(Br)c(CN1CCN(C)CC1)n2S(=O)(=O)c1ccc(OC)cc1. The number of likely N-dealkylation sites (N-methyl/N-ethyl adjacent to an activating group) is 1. The molecular formula is C23H28BrN3O4S. The molecule has 0 amide bonds. The van der Waals surface area contributed by atoms with E-state index in [4.69, 9.17) is 9.47 Å². The molecule has 9 heteroatoms. The molecule has 0 aliphatic carbocycles. The van der Waals surface area contributed by atoms with Gasteiger partial charge in [0.2, 0.25) is 0 Å². The molecule has 1 saturated heterocycles. The summed E-state index contributed by atoms with van der Waals surface area (Å²) in [5, 5.41) is 0.817. The van der Waals surface area contributed by atoms with Crippen molar-refractivity contribution < 1.29 is 17.9 Å². The second-order valence-electron chi connectivity index (χ2n) is 7.90. The Morgan fingerprint density at radius 1 is 1.00 bits per heavy atom. The van der Waals surface area contributed by atoms with Crippen LogP contribution in [0.3, 0.4) is 0 Å². The van der Waals surface area contributed by atoms with Gasteiger partial charge in [-0.25, -0.2) is 12.4 Å². The molecule has 2 heterocycles. The Morgan fingerprint density at radius 2 is 1.66 bits per heavy atom. The third-order valence-corrected chi connectivity index (χ3v) is 8.45. The van der Waals surface area contributed by atoms with Crippen LogP contribution in [0.2, 0.25) is 0 Å². The van der Waals surface area contributed by atoms with Crippen molar-refractivity contribution in [2.75, 3.05) is 46.9 Å². The number of ether oxygens (including phenoxy) is 2. The van der Waals surface area contributed by atoms with Gasteiger partial charge in [-0.3, -0.25) is 4.90 Å². The molecule has 0 saturated carbocycles. The minimum absolute atomic E-state index is 0.219. The van der Waals surface area contributed by atoms with E-state index in [1.54, 1.807) is 31.4 Å². The monoisotopic (exact) mass is 521 g/mol. The largest absolute Gasteiger partial charge is 0.497 e. The van der Waals surface area contributed by atoms with Gasteiger partial charge >= 0.3 is 0 Å². The van der Waals surface area contributed by atoms with Gasteiger partial charge in [-0.15, -0.1) is 0 Å². The summed E-state index contributed by atoms with van der Waals surface area (Å²) in [6, 6.07) is 12.0. The van der Waals surface area contributed by atoms with E-state index < -0.39 is 10.0 Å². The summed E-state index contributed by atoms with van der Waals surface area (Å²) in [7, 11) is -0.169. The number of fused-ring (bicyclic) bond motifs is 1. The molecule has 0 radical (unpaired) electrons. The average Bonchev–Trinajstić information content (AvgIpc) is 3.07. The summed E-state index contributed by atoms with van der Waals surface area (Å²) in [4.78, 5) is 4.79. The summed E-state index contributed by atoms with van der Waals surface area (Å²) in [6.45, 7) is 6.69. The number of aromatic nitrogens is 1. The van der Waals surface area contributed by atoms with Crippen LogP contribution in [0.25, 0.3) is 10.9 Å². The smallest absolute Gasteiger partial charge is 0.268 e. The predicted molar refractivity (Wildman–Crippen MR) is 129 cm³/mol. The van der Waals surface area contributed by atoms with Crippen molar-refractivity contribution in [3.63, 3.8) is 0 Å². The Morgan fingerprint density at radius 3 is 2.28 bits per heavy atom. The Hall–Kier alpha value is -2.07. The third-order valence-electron chi connectivity index (χ3n) is 5.80. The summed E-state index contributed by atoms with van der Waals surface area (Å²) < 4.78 is 40.8. The highest BCUT2D eigenvalue weighted by atomic mass is 79.9. The molecule has 1 aliphatic heterocycles. The predicted octanol–water partition coefficient (Wildman–Crippen LogP) is 3.80. The van der Waals surface area contributed by atoms with Gasteiger partial charge in [-0.2, -0.15) is 0 Å². The van der Waals surface area contributed by atoms with Crippen molar-refractivity contribution in [1.82, 2.24) is 13.8 Å². The Labute approximate surface area is 197 Å². The number of rotatable bonds is 7. The van der Waals surface area contributed by atoms with E-state index in [1.165, 1.54) is 3.97 Å². The highest BCUT2D eigenvalue weighted by Crippen LogP contribution is 2.37. The second kappa shape index (κ2) is 9.43. The molecule has 2 aromatic carbocycles. The summed E-state index contributed by atoms with van der Waals surface area (Å²) in [6.07, 6.45) is 0. The molecule has 32 heavy (non-hydrogen) atoms. The van der Waals surface area contributed by atoms with Crippen molar-refractivity contribution in [2.24, 2.45) is 0 Å². The van der Waals surface area contributed by atoms with Crippen LogP contribution in [0.1, 0.15) is 12.6 Å². The molecule has 0 atom stereocenters. The molecule has 0 spiro atoms. The number of nitrogens with zero attached hydrogens (tertiary/aromatic N) is 3. The highest BCUT2D eigenvalue weighted by Gasteiger charge is 2.28. The topological polar surface area (TPSA) is 64.0 Å². The third kappa shape index (κ3) is 4.39. The van der Waals surface area contributed by atoms with E-state index >= 15 is 0 Å². The maximum atomic E-state index is 13.8. The number of benzene rings is 2. The van der Waals surface area contributed by atoms with Gasteiger partial charge in [-0.05, 0) is 72.4 Å². The molecule has 1 aromatic heterocycles. The van der Waals surface area contributed by atoms with Crippen LogP contribution in [0, 0.1) is 0 Å². The van der Waals surface area contributed by atoms with E-state index in [-0.39, 0.29) is 4.90 Å². The zero-order valence-electron chi connectivity index (χ0n) is 18.5. The zero-order chi connectivity index (χ0) is 22.9. The number of hydrogen-bond donors (Lipinski definition) is 0. The van der Waals surface area contributed by atoms with Gasteiger partial charge in [-0.1, -0.05) is 0 Å². The minimum atomic E-state index is -3.83. The molecule has 4 rings (SSSR count). The van der Waals surface area contributed by atoms with E-state index in [0.717, 1.165) is 36.0 Å². The van der Waals surface area contributed by atoms with Crippen molar-refractivity contribution in [1.29, 1.82) is 0 Å². The fourth-order valence-corrected chi connectivity index (χ4v) is 6.28. The van der Waals surface area contributed by atoms with Crippen molar-refractivity contribution in [2.45, 2.75) is 18.4 Å². The Balaban J connectivity index is 1.86. The van der Waals surface area contributed by atoms with Crippen LogP contribution >= 0.6 is 15.9 Å². The van der Waals surface area contributed by atoms with Gasteiger partial charge < -0.3 is 14.4 Å². The van der Waals surface area contributed by atoms with Gasteiger partial charge in [0, 0.05) is 42.6 Å². The van der Waals surface area contributed by atoms with Crippen LogP contribution < -0.4 is 9.47 Å². The first-order valence-corrected chi connectivity index (χ1v) is 12.8. The highest BCUT2D eigenvalue weighted by molar-refractivity contribution is 9.10. The normalized spacial score (nSPS) is 15.9. The molecule has 0 unspecified atom stereocenters. The molecule has 7 nitrogen and oxygen atoms in total. The van der Waals surface area contributed by atoms with Crippen LogP contribution in [0.5, 0.6) is 11.5 Å².